The Labute approximate surface area is 191 Å². The predicted octanol–water partition coefficient (Wildman–Crippen LogP) is -2.84. The molecule has 0 aromatic rings. The van der Waals surface area contributed by atoms with Gasteiger partial charge in [0.1, 0.15) is 18.1 Å². The van der Waals surface area contributed by atoms with Crippen LogP contribution in [0.25, 0.3) is 0 Å². The van der Waals surface area contributed by atoms with E-state index < -0.39 is 72.8 Å². The van der Waals surface area contributed by atoms with E-state index in [1.165, 1.54) is 6.92 Å². The molecule has 13 nitrogen and oxygen atoms in total. The minimum absolute atomic E-state index is 0.0363. The summed E-state index contributed by atoms with van der Waals surface area (Å²) >= 11 is 3.93. The van der Waals surface area contributed by atoms with Crippen molar-refractivity contribution in [2.75, 3.05) is 12.3 Å². The van der Waals surface area contributed by atoms with E-state index in [0.29, 0.717) is 19.4 Å². The molecule has 3 amide bonds. The molecule has 10 N–H and O–H groups in total. The van der Waals surface area contributed by atoms with E-state index in [4.69, 9.17) is 16.6 Å². The maximum absolute atomic E-state index is 12.7. The zero-order chi connectivity index (χ0) is 24.8. The highest BCUT2D eigenvalue weighted by Crippen LogP contribution is 2.05. The molecule has 5 atom stereocenters. The van der Waals surface area contributed by atoms with Crippen LogP contribution < -0.4 is 27.4 Å². The van der Waals surface area contributed by atoms with Crippen LogP contribution in [0.15, 0.2) is 0 Å². The Morgan fingerprint density at radius 2 is 1.50 bits per heavy atom. The third kappa shape index (κ3) is 11.3. The van der Waals surface area contributed by atoms with Crippen molar-refractivity contribution in [2.24, 2.45) is 11.5 Å². The second-order valence-corrected chi connectivity index (χ2v) is 7.56. The van der Waals surface area contributed by atoms with E-state index in [2.05, 4.69) is 28.6 Å². The molecule has 0 heterocycles. The number of carboxylic acids is 2. The fourth-order valence-corrected chi connectivity index (χ4v) is 2.73. The lowest BCUT2D eigenvalue weighted by atomic mass is 10.1. The number of amides is 3. The first-order valence-electron chi connectivity index (χ1n) is 10.0. The summed E-state index contributed by atoms with van der Waals surface area (Å²) in [6.45, 7) is 1.57. The van der Waals surface area contributed by atoms with E-state index in [0.717, 1.165) is 0 Å². The molecule has 0 aliphatic heterocycles. The number of nitrogens with two attached hydrogens (primary N) is 2. The van der Waals surface area contributed by atoms with Crippen LogP contribution in [-0.2, 0) is 24.0 Å². The molecule has 0 aliphatic carbocycles. The van der Waals surface area contributed by atoms with Gasteiger partial charge in [-0.15, -0.1) is 0 Å². The molecule has 14 heteroatoms. The number of nitrogens with one attached hydrogen (secondary N) is 3. The average molecular weight is 480 g/mol. The van der Waals surface area contributed by atoms with Gasteiger partial charge >= 0.3 is 11.9 Å². The quantitative estimate of drug-likeness (QED) is 0.0812. The number of aliphatic carboxylic acids is 2. The normalized spacial score (nSPS) is 15.5. The molecule has 0 unspecified atom stereocenters. The smallest absolute Gasteiger partial charge is 0.326 e. The minimum atomic E-state index is -1.55. The number of carbonyl (C=O) groups excluding carboxylic acids is 3. The summed E-state index contributed by atoms with van der Waals surface area (Å²) in [5.74, 6) is -5.13. The van der Waals surface area contributed by atoms with E-state index in [1.54, 1.807) is 0 Å². The summed E-state index contributed by atoms with van der Waals surface area (Å²) in [5.41, 5.74) is 11.1. The maximum atomic E-state index is 12.7. The molecule has 0 radical (unpaired) electrons. The molecule has 0 saturated heterocycles. The van der Waals surface area contributed by atoms with E-state index >= 15 is 0 Å². The van der Waals surface area contributed by atoms with Crippen LogP contribution in [0, 0.1) is 0 Å². The number of carboxylic acid groups (broad SMARTS) is 2. The first-order valence-corrected chi connectivity index (χ1v) is 10.7. The van der Waals surface area contributed by atoms with Crippen molar-refractivity contribution < 1.29 is 39.3 Å². The first kappa shape index (κ1) is 29.6. The number of aliphatic hydroxyl groups excluding tert-OH is 1. The summed E-state index contributed by atoms with van der Waals surface area (Å²) in [6.07, 6.45) is -1.10. The molecule has 32 heavy (non-hydrogen) atoms. The zero-order valence-corrected chi connectivity index (χ0v) is 18.7. The molecular formula is C18H33N5O8S. The number of rotatable bonds is 16. The minimum Gasteiger partial charge on any atom is -0.481 e. The van der Waals surface area contributed by atoms with Gasteiger partial charge in [-0.05, 0) is 39.2 Å². The van der Waals surface area contributed by atoms with Crippen molar-refractivity contribution in [3.8, 4) is 0 Å². The van der Waals surface area contributed by atoms with Crippen molar-refractivity contribution >= 4 is 42.3 Å². The van der Waals surface area contributed by atoms with E-state index in [9.17, 15) is 34.2 Å². The highest BCUT2D eigenvalue weighted by molar-refractivity contribution is 7.80. The summed E-state index contributed by atoms with van der Waals surface area (Å²) in [5, 5.41) is 34.7. The van der Waals surface area contributed by atoms with Gasteiger partial charge in [0.05, 0.1) is 12.1 Å². The standard InChI is InChI=1S/C18H33N5O8S/c1-9(24)14(17(29)22-12(18(30)31)5-6-13(25)26)23-16(28)11(4-2-3-7-19)21-15(27)10(20)8-32/h9-12,14,24,32H,2-8,19-20H2,1H3,(H,21,27)(H,22,29)(H,23,28)(H,25,26)(H,30,31)/t9-,10+,11+,12+,14+/m1/s1. The fraction of sp³-hybridized carbons (Fsp3) is 0.722. The Morgan fingerprint density at radius 3 is 1.97 bits per heavy atom. The molecule has 0 saturated carbocycles. The van der Waals surface area contributed by atoms with Crippen molar-refractivity contribution in [1.29, 1.82) is 0 Å². The second-order valence-electron chi connectivity index (χ2n) is 7.19. The Morgan fingerprint density at radius 1 is 0.906 bits per heavy atom. The number of carbonyl (C=O) groups is 5. The lowest BCUT2D eigenvalue weighted by molar-refractivity contribution is -0.144. The summed E-state index contributed by atoms with van der Waals surface area (Å²) in [4.78, 5) is 59.3. The molecule has 184 valence electrons. The summed E-state index contributed by atoms with van der Waals surface area (Å²) in [6, 6.07) is -5.15. The highest BCUT2D eigenvalue weighted by atomic mass is 32.1. The largest absolute Gasteiger partial charge is 0.481 e. The Balaban J connectivity index is 5.36. The Bertz CT molecular complexity index is 663. The van der Waals surface area contributed by atoms with Crippen molar-refractivity contribution in [2.45, 2.75) is 69.3 Å². The molecule has 0 aromatic carbocycles. The molecule has 0 rings (SSSR count). The van der Waals surface area contributed by atoms with Crippen LogP contribution >= 0.6 is 12.6 Å². The molecule has 0 bridgehead atoms. The maximum Gasteiger partial charge on any atom is 0.326 e. The van der Waals surface area contributed by atoms with Gasteiger partial charge in [0.2, 0.25) is 17.7 Å². The van der Waals surface area contributed by atoms with E-state index in [1.807, 2.05) is 0 Å². The lowest BCUT2D eigenvalue weighted by Gasteiger charge is -2.26. The van der Waals surface area contributed by atoms with Gasteiger partial charge in [-0.25, -0.2) is 4.79 Å². The molecule has 0 aromatic heterocycles. The molecule has 0 spiro atoms. The van der Waals surface area contributed by atoms with Crippen LogP contribution in [0.4, 0.5) is 0 Å². The number of unbranched alkanes of at least 4 members (excludes halogenated alkanes) is 1. The fourth-order valence-electron chi connectivity index (χ4n) is 2.57. The van der Waals surface area contributed by atoms with Crippen LogP contribution in [0.1, 0.15) is 39.0 Å². The number of hydrogen-bond donors (Lipinski definition) is 9. The molecular weight excluding hydrogens is 446 g/mol. The third-order valence-electron chi connectivity index (χ3n) is 4.44. The topological polar surface area (TPSA) is 234 Å². The third-order valence-corrected chi connectivity index (χ3v) is 4.83. The van der Waals surface area contributed by atoms with Crippen LogP contribution in [0.5, 0.6) is 0 Å². The van der Waals surface area contributed by atoms with Gasteiger partial charge in [0.15, 0.2) is 0 Å². The summed E-state index contributed by atoms with van der Waals surface area (Å²) in [7, 11) is 0. The van der Waals surface area contributed by atoms with Crippen LogP contribution in [0.2, 0.25) is 0 Å². The van der Waals surface area contributed by atoms with Crippen molar-refractivity contribution in [3.63, 3.8) is 0 Å². The molecule has 0 aliphatic rings. The molecule has 0 fully saturated rings. The SMILES string of the molecule is C[C@@H](O)[C@H](NC(=O)[C@H](CCCCN)NC(=O)[C@@H](N)CS)C(=O)N[C@@H](CCC(=O)O)C(=O)O. The monoisotopic (exact) mass is 479 g/mol. The van der Waals surface area contributed by atoms with Gasteiger partial charge in [-0.3, -0.25) is 19.2 Å². The van der Waals surface area contributed by atoms with Gasteiger partial charge in [0.25, 0.3) is 0 Å². The highest BCUT2D eigenvalue weighted by Gasteiger charge is 2.32. The summed E-state index contributed by atoms with van der Waals surface area (Å²) < 4.78 is 0. The number of hydrogen-bond acceptors (Lipinski definition) is 9. The second kappa shape index (κ2) is 15.4. The average Bonchev–Trinajstić information content (AvgIpc) is 2.72. The van der Waals surface area contributed by atoms with Crippen LogP contribution in [0.3, 0.4) is 0 Å². The Kier molecular flexibility index (Phi) is 14.2. The zero-order valence-electron chi connectivity index (χ0n) is 17.8. The lowest BCUT2D eigenvalue weighted by Crippen LogP contribution is -2.60. The number of aliphatic hydroxyl groups is 1. The first-order chi connectivity index (χ1) is 14.9. The number of thiol groups is 1. The van der Waals surface area contributed by atoms with Crippen molar-refractivity contribution in [3.05, 3.63) is 0 Å². The van der Waals surface area contributed by atoms with Crippen molar-refractivity contribution in [1.82, 2.24) is 16.0 Å². The predicted molar refractivity (Wildman–Crippen MR) is 117 cm³/mol. The van der Waals surface area contributed by atoms with Crippen LogP contribution in [-0.4, -0.2) is 87.5 Å². The van der Waals surface area contributed by atoms with Gasteiger partial charge < -0.3 is 42.7 Å². The van der Waals surface area contributed by atoms with Gasteiger partial charge in [-0.2, -0.15) is 12.6 Å². The van der Waals surface area contributed by atoms with Gasteiger partial charge in [0, 0.05) is 12.2 Å². The van der Waals surface area contributed by atoms with E-state index in [-0.39, 0.29) is 12.2 Å². The Hall–Kier alpha value is -2.42. The van der Waals surface area contributed by atoms with Gasteiger partial charge in [-0.1, -0.05) is 0 Å².